The van der Waals surface area contributed by atoms with Crippen LogP contribution in [0, 0.1) is 11.3 Å². The Morgan fingerprint density at radius 2 is 1.50 bits per heavy atom. The summed E-state index contributed by atoms with van der Waals surface area (Å²) >= 11 is 0. The van der Waals surface area contributed by atoms with E-state index in [0.29, 0.717) is 5.41 Å². The van der Waals surface area contributed by atoms with Gasteiger partial charge in [-0.3, -0.25) is 0 Å². The summed E-state index contributed by atoms with van der Waals surface area (Å²) in [5.74, 6) is 0.883. The highest BCUT2D eigenvalue weighted by atomic mass is 14.3. The summed E-state index contributed by atoms with van der Waals surface area (Å²) in [4.78, 5) is 0. The standard InChI is InChI=1S/C14H30/c1-6-8-9-10-11-12-13(3)14(4,5)7-2/h13H,6-12H2,1-5H3. The van der Waals surface area contributed by atoms with E-state index < -0.39 is 0 Å². The second-order valence-corrected chi connectivity index (χ2v) is 5.45. The second-order valence-electron chi connectivity index (χ2n) is 5.45. The molecule has 0 amide bonds. The SMILES string of the molecule is CCCCCCCC(C)C(C)(C)CC. The second kappa shape index (κ2) is 7.31. The molecule has 0 saturated carbocycles. The summed E-state index contributed by atoms with van der Waals surface area (Å²) in [7, 11) is 0. The van der Waals surface area contributed by atoms with Gasteiger partial charge in [-0.05, 0) is 11.3 Å². The van der Waals surface area contributed by atoms with Gasteiger partial charge in [0.2, 0.25) is 0 Å². The van der Waals surface area contributed by atoms with Crippen LogP contribution < -0.4 is 0 Å². The van der Waals surface area contributed by atoms with Gasteiger partial charge < -0.3 is 0 Å². The summed E-state index contributed by atoms with van der Waals surface area (Å²) in [5, 5.41) is 0. The van der Waals surface area contributed by atoms with Gasteiger partial charge in [0.25, 0.3) is 0 Å². The van der Waals surface area contributed by atoms with Crippen molar-refractivity contribution in [2.45, 2.75) is 79.6 Å². The van der Waals surface area contributed by atoms with E-state index in [0.717, 1.165) is 5.92 Å². The molecule has 1 unspecified atom stereocenters. The zero-order valence-corrected chi connectivity index (χ0v) is 11.0. The Hall–Kier alpha value is 0. The van der Waals surface area contributed by atoms with Crippen LogP contribution in [0.25, 0.3) is 0 Å². The van der Waals surface area contributed by atoms with Crippen LogP contribution >= 0.6 is 0 Å². The number of unbranched alkanes of at least 4 members (excludes halogenated alkanes) is 4. The molecule has 0 aliphatic rings. The molecular formula is C14H30. The van der Waals surface area contributed by atoms with Gasteiger partial charge in [-0.25, -0.2) is 0 Å². The summed E-state index contributed by atoms with van der Waals surface area (Å²) in [6, 6.07) is 0. The smallest absolute Gasteiger partial charge is 0.0331 e. The zero-order valence-electron chi connectivity index (χ0n) is 11.0. The van der Waals surface area contributed by atoms with E-state index in [-0.39, 0.29) is 0 Å². The molecule has 0 aliphatic heterocycles. The van der Waals surface area contributed by atoms with Crippen LogP contribution in [0.1, 0.15) is 79.6 Å². The molecular weight excluding hydrogens is 168 g/mol. The van der Waals surface area contributed by atoms with Crippen LogP contribution in [-0.4, -0.2) is 0 Å². The third-order valence-electron chi connectivity index (χ3n) is 3.99. The van der Waals surface area contributed by atoms with E-state index >= 15 is 0 Å². The number of rotatable bonds is 8. The predicted molar refractivity (Wildman–Crippen MR) is 66.6 cm³/mol. The average Bonchev–Trinajstić information content (AvgIpc) is 2.17. The Morgan fingerprint density at radius 3 is 2.00 bits per heavy atom. The van der Waals surface area contributed by atoms with Crippen molar-refractivity contribution in [3.8, 4) is 0 Å². The molecule has 0 aromatic carbocycles. The average molecular weight is 198 g/mol. The van der Waals surface area contributed by atoms with E-state index in [4.69, 9.17) is 0 Å². The normalized spacial score (nSPS) is 14.4. The summed E-state index contributed by atoms with van der Waals surface area (Å²) < 4.78 is 0. The Bertz CT molecular complexity index is 124. The fourth-order valence-electron chi connectivity index (χ4n) is 1.79. The molecule has 0 aliphatic carbocycles. The van der Waals surface area contributed by atoms with Crippen molar-refractivity contribution in [3.63, 3.8) is 0 Å². The highest BCUT2D eigenvalue weighted by molar-refractivity contribution is 4.73. The molecule has 0 fully saturated rings. The van der Waals surface area contributed by atoms with Crippen molar-refractivity contribution in [1.82, 2.24) is 0 Å². The molecule has 0 nitrogen and oxygen atoms in total. The maximum Gasteiger partial charge on any atom is -0.0331 e. The fourth-order valence-corrected chi connectivity index (χ4v) is 1.79. The molecule has 86 valence electrons. The molecule has 0 radical (unpaired) electrons. The van der Waals surface area contributed by atoms with E-state index in [9.17, 15) is 0 Å². The van der Waals surface area contributed by atoms with Crippen molar-refractivity contribution in [3.05, 3.63) is 0 Å². The molecule has 0 N–H and O–H groups in total. The first-order valence-electron chi connectivity index (χ1n) is 6.54. The van der Waals surface area contributed by atoms with Crippen LogP contribution in [-0.2, 0) is 0 Å². The lowest BCUT2D eigenvalue weighted by Gasteiger charge is -2.30. The summed E-state index contributed by atoms with van der Waals surface area (Å²) in [5.41, 5.74) is 0.546. The number of hydrogen-bond donors (Lipinski definition) is 0. The van der Waals surface area contributed by atoms with Crippen LogP contribution in [0.2, 0.25) is 0 Å². The maximum absolute atomic E-state index is 2.42. The predicted octanol–water partition coefficient (Wildman–Crippen LogP) is 5.42. The van der Waals surface area contributed by atoms with Gasteiger partial charge in [-0.15, -0.1) is 0 Å². The summed E-state index contributed by atoms with van der Waals surface area (Å²) in [6.07, 6.45) is 9.83. The van der Waals surface area contributed by atoms with E-state index in [1.165, 1.54) is 44.9 Å². The van der Waals surface area contributed by atoms with Crippen LogP contribution in [0.15, 0.2) is 0 Å². The minimum atomic E-state index is 0.546. The molecule has 0 spiro atoms. The first-order valence-corrected chi connectivity index (χ1v) is 6.54. The molecule has 0 heterocycles. The van der Waals surface area contributed by atoms with Crippen molar-refractivity contribution in [2.24, 2.45) is 11.3 Å². The topological polar surface area (TPSA) is 0 Å². The van der Waals surface area contributed by atoms with Crippen molar-refractivity contribution in [2.75, 3.05) is 0 Å². The van der Waals surface area contributed by atoms with Gasteiger partial charge >= 0.3 is 0 Å². The lowest BCUT2D eigenvalue weighted by Crippen LogP contribution is -2.20. The highest BCUT2D eigenvalue weighted by Gasteiger charge is 2.22. The first kappa shape index (κ1) is 14.0. The molecule has 0 saturated heterocycles. The van der Waals surface area contributed by atoms with Crippen LogP contribution in [0.5, 0.6) is 0 Å². The van der Waals surface area contributed by atoms with Crippen molar-refractivity contribution in [1.29, 1.82) is 0 Å². The van der Waals surface area contributed by atoms with Gasteiger partial charge in [-0.1, -0.05) is 79.6 Å². The van der Waals surface area contributed by atoms with E-state index in [1.807, 2.05) is 0 Å². The van der Waals surface area contributed by atoms with Gasteiger partial charge in [-0.2, -0.15) is 0 Å². The minimum Gasteiger partial charge on any atom is -0.0654 e. The molecule has 0 aromatic rings. The minimum absolute atomic E-state index is 0.546. The van der Waals surface area contributed by atoms with Crippen LogP contribution in [0.4, 0.5) is 0 Å². The zero-order chi connectivity index (χ0) is 11.0. The number of hydrogen-bond acceptors (Lipinski definition) is 0. The lowest BCUT2D eigenvalue weighted by molar-refractivity contribution is 0.204. The third-order valence-corrected chi connectivity index (χ3v) is 3.99. The first-order chi connectivity index (χ1) is 6.54. The maximum atomic E-state index is 2.42. The third kappa shape index (κ3) is 5.67. The highest BCUT2D eigenvalue weighted by Crippen LogP contribution is 2.33. The Labute approximate surface area is 91.5 Å². The largest absolute Gasteiger partial charge is 0.0654 e. The monoisotopic (exact) mass is 198 g/mol. The Balaban J connectivity index is 3.48. The van der Waals surface area contributed by atoms with Gasteiger partial charge in [0.05, 0.1) is 0 Å². The molecule has 0 rings (SSSR count). The Morgan fingerprint density at radius 1 is 0.929 bits per heavy atom. The van der Waals surface area contributed by atoms with E-state index in [2.05, 4.69) is 34.6 Å². The quantitative estimate of drug-likeness (QED) is 0.457. The molecule has 1 atom stereocenters. The summed E-state index contributed by atoms with van der Waals surface area (Å²) in [6.45, 7) is 11.8. The molecule has 14 heavy (non-hydrogen) atoms. The van der Waals surface area contributed by atoms with Crippen molar-refractivity contribution < 1.29 is 0 Å². The lowest BCUT2D eigenvalue weighted by atomic mass is 9.75. The Kier molecular flexibility index (Phi) is 7.31. The van der Waals surface area contributed by atoms with E-state index in [1.54, 1.807) is 0 Å². The van der Waals surface area contributed by atoms with Gasteiger partial charge in [0, 0.05) is 0 Å². The van der Waals surface area contributed by atoms with Gasteiger partial charge in [0.1, 0.15) is 0 Å². The van der Waals surface area contributed by atoms with Crippen LogP contribution in [0.3, 0.4) is 0 Å². The molecule has 0 heteroatoms. The van der Waals surface area contributed by atoms with Gasteiger partial charge in [0.15, 0.2) is 0 Å². The molecule has 0 aromatic heterocycles. The van der Waals surface area contributed by atoms with Crippen molar-refractivity contribution >= 4 is 0 Å². The molecule has 0 bridgehead atoms. The fraction of sp³-hybridized carbons (Fsp3) is 1.00.